The van der Waals surface area contributed by atoms with Crippen LogP contribution in [0.1, 0.15) is 25.3 Å². The smallest absolute Gasteiger partial charge is 0.387 e. The zero-order valence-electron chi connectivity index (χ0n) is 12.7. The van der Waals surface area contributed by atoms with Crippen molar-refractivity contribution in [2.24, 2.45) is 5.92 Å². The Kier molecular flexibility index (Phi) is 5.52. The molecule has 2 atom stereocenters. The Morgan fingerprint density at radius 3 is 2.52 bits per heavy atom. The molecule has 1 aliphatic rings. The first-order chi connectivity index (χ1) is 10.9. The van der Waals surface area contributed by atoms with Crippen molar-refractivity contribution < 1.29 is 28.2 Å². The molecule has 2 unspecified atom stereocenters. The van der Waals surface area contributed by atoms with Gasteiger partial charge in [-0.3, -0.25) is 9.59 Å². The molecule has 1 heterocycles. The van der Waals surface area contributed by atoms with E-state index < -0.39 is 18.5 Å². The van der Waals surface area contributed by atoms with Gasteiger partial charge in [-0.1, -0.05) is 12.1 Å². The largest absolute Gasteiger partial charge is 0.481 e. The number of hydrogen-bond donors (Lipinski definition) is 1. The lowest BCUT2D eigenvalue weighted by atomic mass is 9.93. The molecule has 1 aliphatic heterocycles. The summed E-state index contributed by atoms with van der Waals surface area (Å²) >= 11 is 0. The molecule has 0 aliphatic carbocycles. The predicted molar refractivity (Wildman–Crippen MR) is 78.3 cm³/mol. The van der Waals surface area contributed by atoms with E-state index in [1.54, 1.807) is 17.0 Å². The first-order valence-corrected chi connectivity index (χ1v) is 7.43. The second kappa shape index (κ2) is 7.39. The molecule has 0 aromatic heterocycles. The fraction of sp³-hybridized carbons (Fsp3) is 0.500. The molecule has 1 fully saturated rings. The lowest BCUT2D eigenvalue weighted by Gasteiger charge is -2.36. The number of aliphatic carboxylic acids is 1. The standard InChI is InChI=1S/C16H19F2NO4/c1-10-2-5-12(15(21)22)9-19(10)14(20)8-11-3-6-13(7-4-11)23-16(17)18/h3-4,6-7,10,12,16H,2,5,8-9H2,1H3,(H,21,22). The van der Waals surface area contributed by atoms with Gasteiger partial charge in [-0.2, -0.15) is 8.78 Å². The third-order valence-corrected chi connectivity index (χ3v) is 4.06. The maximum atomic E-state index is 12.4. The average molecular weight is 327 g/mol. The van der Waals surface area contributed by atoms with Crippen LogP contribution < -0.4 is 4.74 Å². The molecule has 126 valence electrons. The summed E-state index contributed by atoms with van der Waals surface area (Å²) in [6.07, 6.45) is 1.33. The van der Waals surface area contributed by atoms with Gasteiger partial charge in [-0.25, -0.2) is 0 Å². The summed E-state index contributed by atoms with van der Waals surface area (Å²) in [4.78, 5) is 25.1. The number of carbonyl (C=O) groups excluding carboxylic acids is 1. The van der Waals surface area contributed by atoms with Crippen LogP contribution in [0.3, 0.4) is 0 Å². The van der Waals surface area contributed by atoms with Gasteiger partial charge in [0.15, 0.2) is 0 Å². The highest BCUT2D eigenvalue weighted by atomic mass is 19.3. The van der Waals surface area contributed by atoms with Crippen molar-refractivity contribution in [2.75, 3.05) is 6.54 Å². The Labute approximate surface area is 132 Å². The molecule has 1 aromatic carbocycles. The summed E-state index contributed by atoms with van der Waals surface area (Å²) in [5, 5.41) is 9.10. The lowest BCUT2D eigenvalue weighted by molar-refractivity contribution is -0.147. The molecular formula is C16H19F2NO4. The Bertz CT molecular complexity index is 562. The second-order valence-corrected chi connectivity index (χ2v) is 5.71. The molecule has 0 radical (unpaired) electrons. The van der Waals surface area contributed by atoms with Gasteiger partial charge in [0.25, 0.3) is 0 Å². The number of hydrogen-bond acceptors (Lipinski definition) is 3. The van der Waals surface area contributed by atoms with Crippen molar-refractivity contribution >= 4 is 11.9 Å². The van der Waals surface area contributed by atoms with Crippen molar-refractivity contribution in [3.63, 3.8) is 0 Å². The van der Waals surface area contributed by atoms with Crippen LogP contribution in [-0.4, -0.2) is 41.1 Å². The number of likely N-dealkylation sites (tertiary alicyclic amines) is 1. The van der Waals surface area contributed by atoms with Crippen LogP contribution in [0.4, 0.5) is 8.78 Å². The normalized spacial score (nSPS) is 21.3. The molecule has 2 rings (SSSR count). The molecule has 5 nitrogen and oxygen atoms in total. The van der Waals surface area contributed by atoms with Gasteiger partial charge in [-0.15, -0.1) is 0 Å². The summed E-state index contributed by atoms with van der Waals surface area (Å²) in [6.45, 7) is -0.776. The van der Waals surface area contributed by atoms with Crippen LogP contribution in [0.5, 0.6) is 5.75 Å². The van der Waals surface area contributed by atoms with Gasteiger partial charge in [0, 0.05) is 12.6 Å². The Morgan fingerprint density at radius 2 is 1.96 bits per heavy atom. The predicted octanol–water partition coefficient (Wildman–Crippen LogP) is 2.54. The highest BCUT2D eigenvalue weighted by Crippen LogP contribution is 2.23. The quantitative estimate of drug-likeness (QED) is 0.902. The number of nitrogens with zero attached hydrogens (tertiary/aromatic N) is 1. The Morgan fingerprint density at radius 1 is 1.30 bits per heavy atom. The number of piperidine rings is 1. The minimum absolute atomic E-state index is 0.000426. The number of carboxylic acid groups (broad SMARTS) is 1. The van der Waals surface area contributed by atoms with Crippen LogP contribution in [-0.2, 0) is 16.0 Å². The maximum Gasteiger partial charge on any atom is 0.387 e. The summed E-state index contributed by atoms with van der Waals surface area (Å²) in [7, 11) is 0. The Balaban J connectivity index is 1.98. The Hall–Kier alpha value is -2.18. The molecule has 1 aromatic rings. The van der Waals surface area contributed by atoms with E-state index in [0.29, 0.717) is 18.4 Å². The zero-order chi connectivity index (χ0) is 17.0. The number of alkyl halides is 2. The fourth-order valence-electron chi connectivity index (χ4n) is 2.72. The van der Waals surface area contributed by atoms with Crippen LogP contribution in [0, 0.1) is 5.92 Å². The van der Waals surface area contributed by atoms with E-state index in [9.17, 15) is 18.4 Å². The monoisotopic (exact) mass is 327 g/mol. The van der Waals surface area contributed by atoms with E-state index in [0.717, 1.165) is 0 Å². The van der Waals surface area contributed by atoms with Crippen LogP contribution in [0.15, 0.2) is 24.3 Å². The van der Waals surface area contributed by atoms with Crippen molar-refractivity contribution in [2.45, 2.75) is 38.8 Å². The first-order valence-electron chi connectivity index (χ1n) is 7.43. The summed E-state index contributed by atoms with van der Waals surface area (Å²) in [5.41, 5.74) is 0.668. The molecule has 1 N–H and O–H groups in total. The third kappa shape index (κ3) is 4.64. The lowest BCUT2D eigenvalue weighted by Crippen LogP contribution is -2.47. The maximum absolute atomic E-state index is 12.4. The van der Waals surface area contributed by atoms with Gasteiger partial charge in [0.2, 0.25) is 5.91 Å². The molecule has 1 saturated heterocycles. The topological polar surface area (TPSA) is 66.8 Å². The number of ether oxygens (including phenoxy) is 1. The number of carbonyl (C=O) groups is 2. The molecule has 0 spiro atoms. The molecule has 23 heavy (non-hydrogen) atoms. The van der Waals surface area contributed by atoms with Crippen molar-refractivity contribution in [1.29, 1.82) is 0 Å². The molecule has 7 heteroatoms. The molecular weight excluding hydrogens is 308 g/mol. The van der Waals surface area contributed by atoms with Gasteiger partial charge in [-0.05, 0) is 37.5 Å². The van der Waals surface area contributed by atoms with Crippen LogP contribution in [0.2, 0.25) is 0 Å². The van der Waals surface area contributed by atoms with E-state index >= 15 is 0 Å². The molecule has 1 amide bonds. The van der Waals surface area contributed by atoms with E-state index in [1.807, 2.05) is 6.92 Å². The van der Waals surface area contributed by atoms with Crippen molar-refractivity contribution in [1.82, 2.24) is 4.90 Å². The minimum atomic E-state index is -2.88. The van der Waals surface area contributed by atoms with Gasteiger partial charge >= 0.3 is 12.6 Å². The van der Waals surface area contributed by atoms with E-state index in [-0.39, 0.29) is 30.7 Å². The van der Waals surface area contributed by atoms with Crippen molar-refractivity contribution in [3.8, 4) is 5.75 Å². The number of carboxylic acids is 1. The summed E-state index contributed by atoms with van der Waals surface area (Å²) in [5.74, 6) is -1.54. The molecule has 0 saturated carbocycles. The van der Waals surface area contributed by atoms with Crippen LogP contribution >= 0.6 is 0 Å². The number of amides is 1. The van der Waals surface area contributed by atoms with Gasteiger partial charge in [0.1, 0.15) is 5.75 Å². The van der Waals surface area contributed by atoms with E-state index in [2.05, 4.69) is 4.74 Å². The average Bonchev–Trinajstić information content (AvgIpc) is 2.48. The van der Waals surface area contributed by atoms with Crippen LogP contribution in [0.25, 0.3) is 0 Å². The second-order valence-electron chi connectivity index (χ2n) is 5.71. The number of halogens is 2. The summed E-state index contributed by atoms with van der Waals surface area (Å²) < 4.78 is 28.4. The van der Waals surface area contributed by atoms with E-state index in [4.69, 9.17) is 5.11 Å². The third-order valence-electron chi connectivity index (χ3n) is 4.06. The van der Waals surface area contributed by atoms with Gasteiger partial charge < -0.3 is 14.7 Å². The fourth-order valence-corrected chi connectivity index (χ4v) is 2.72. The number of benzene rings is 1. The minimum Gasteiger partial charge on any atom is -0.481 e. The highest BCUT2D eigenvalue weighted by molar-refractivity contribution is 5.80. The molecule has 0 bridgehead atoms. The SMILES string of the molecule is CC1CCC(C(=O)O)CN1C(=O)Cc1ccc(OC(F)F)cc1. The zero-order valence-corrected chi connectivity index (χ0v) is 12.7. The van der Waals surface area contributed by atoms with Gasteiger partial charge in [0.05, 0.1) is 12.3 Å². The first kappa shape index (κ1) is 17.2. The number of rotatable bonds is 5. The highest BCUT2D eigenvalue weighted by Gasteiger charge is 2.32. The van der Waals surface area contributed by atoms with Crippen molar-refractivity contribution in [3.05, 3.63) is 29.8 Å². The summed E-state index contributed by atoms with van der Waals surface area (Å²) in [6, 6.07) is 5.88. The van der Waals surface area contributed by atoms with E-state index in [1.165, 1.54) is 12.1 Å².